The number of nitrogens with zero attached hydrogens (tertiary/aromatic N) is 1. The van der Waals surface area contributed by atoms with E-state index in [0.29, 0.717) is 0 Å². The summed E-state index contributed by atoms with van der Waals surface area (Å²) in [6.45, 7) is 11.6. The molecule has 120 valence electrons. The highest BCUT2D eigenvalue weighted by molar-refractivity contribution is 5.97. The SMILES string of the molecule is CC1=CC(C)(C)N(C(=O)OC(C)(C)C)c2ccc(CO)cc21. The molecular formula is C18H25NO3. The summed E-state index contributed by atoms with van der Waals surface area (Å²) < 4.78 is 5.57. The number of ether oxygens (including phenoxy) is 1. The normalized spacial score (nSPS) is 16.9. The first kappa shape index (κ1) is 16.6. The molecule has 1 aliphatic rings. The molecule has 1 amide bonds. The lowest BCUT2D eigenvalue weighted by Crippen LogP contribution is -2.50. The van der Waals surface area contributed by atoms with Gasteiger partial charge in [0.1, 0.15) is 5.60 Å². The van der Waals surface area contributed by atoms with Gasteiger partial charge in [0.25, 0.3) is 0 Å². The number of benzene rings is 1. The van der Waals surface area contributed by atoms with Gasteiger partial charge in [0.05, 0.1) is 17.8 Å². The van der Waals surface area contributed by atoms with Crippen LogP contribution in [0.2, 0.25) is 0 Å². The van der Waals surface area contributed by atoms with Crippen molar-refractivity contribution >= 4 is 17.4 Å². The fourth-order valence-electron chi connectivity index (χ4n) is 2.82. The standard InChI is InChI=1S/C18H25NO3/c1-12-10-18(5,6)19(16(21)22-17(2,3)4)15-8-7-13(11-20)9-14(12)15/h7-10,20H,11H2,1-6H3. The summed E-state index contributed by atoms with van der Waals surface area (Å²) in [5, 5.41) is 9.33. The Labute approximate surface area is 132 Å². The minimum Gasteiger partial charge on any atom is -0.443 e. The van der Waals surface area contributed by atoms with E-state index < -0.39 is 11.1 Å². The number of hydrogen-bond donors (Lipinski definition) is 1. The van der Waals surface area contributed by atoms with Crippen molar-refractivity contribution in [2.45, 2.75) is 59.3 Å². The van der Waals surface area contributed by atoms with Gasteiger partial charge in [-0.1, -0.05) is 12.1 Å². The zero-order valence-electron chi connectivity index (χ0n) is 14.2. The van der Waals surface area contributed by atoms with Crippen molar-refractivity contribution in [2.24, 2.45) is 0 Å². The van der Waals surface area contributed by atoms with Crippen LogP contribution in [0.1, 0.15) is 52.7 Å². The third-order valence-corrected chi connectivity index (χ3v) is 3.63. The third kappa shape index (κ3) is 3.17. The van der Waals surface area contributed by atoms with Gasteiger partial charge in [-0.05, 0) is 64.8 Å². The van der Waals surface area contributed by atoms with Gasteiger partial charge in [0.15, 0.2) is 0 Å². The molecule has 0 saturated heterocycles. The van der Waals surface area contributed by atoms with E-state index in [4.69, 9.17) is 4.74 Å². The summed E-state index contributed by atoms with van der Waals surface area (Å²) in [7, 11) is 0. The van der Waals surface area contributed by atoms with E-state index in [-0.39, 0.29) is 12.7 Å². The number of aliphatic hydroxyl groups excluding tert-OH is 1. The number of carbonyl (C=O) groups excluding carboxylic acids is 1. The lowest BCUT2D eigenvalue weighted by atomic mass is 9.88. The fourth-order valence-corrected chi connectivity index (χ4v) is 2.82. The van der Waals surface area contributed by atoms with Crippen molar-refractivity contribution in [3.05, 3.63) is 35.4 Å². The van der Waals surface area contributed by atoms with Crippen molar-refractivity contribution in [3.8, 4) is 0 Å². The second kappa shape index (κ2) is 5.43. The minimum absolute atomic E-state index is 0.0175. The minimum atomic E-state index is -0.547. The second-order valence-electron chi connectivity index (χ2n) is 7.31. The van der Waals surface area contributed by atoms with Crippen LogP contribution in [-0.4, -0.2) is 22.3 Å². The van der Waals surface area contributed by atoms with Crippen molar-refractivity contribution < 1.29 is 14.6 Å². The van der Waals surface area contributed by atoms with Crippen molar-refractivity contribution in [3.63, 3.8) is 0 Å². The molecule has 0 radical (unpaired) electrons. The third-order valence-electron chi connectivity index (χ3n) is 3.63. The lowest BCUT2D eigenvalue weighted by Gasteiger charge is -2.41. The maximum absolute atomic E-state index is 12.7. The van der Waals surface area contributed by atoms with Gasteiger partial charge in [-0.3, -0.25) is 4.90 Å². The first-order valence-corrected chi connectivity index (χ1v) is 7.52. The number of amides is 1. The molecule has 0 spiro atoms. The molecule has 1 heterocycles. The van der Waals surface area contributed by atoms with Crippen LogP contribution < -0.4 is 4.90 Å². The lowest BCUT2D eigenvalue weighted by molar-refractivity contribution is 0.0556. The molecule has 1 aromatic carbocycles. The van der Waals surface area contributed by atoms with Gasteiger partial charge < -0.3 is 9.84 Å². The molecule has 0 fully saturated rings. The van der Waals surface area contributed by atoms with Gasteiger partial charge in [-0.25, -0.2) is 4.79 Å². The van der Waals surface area contributed by atoms with Crippen molar-refractivity contribution in [2.75, 3.05) is 4.90 Å². The Kier molecular flexibility index (Phi) is 4.09. The Bertz CT molecular complexity index is 624. The summed E-state index contributed by atoms with van der Waals surface area (Å²) in [6, 6.07) is 5.64. The summed E-state index contributed by atoms with van der Waals surface area (Å²) in [5.74, 6) is 0. The number of rotatable bonds is 1. The van der Waals surface area contributed by atoms with Gasteiger partial charge in [0, 0.05) is 5.56 Å². The zero-order valence-corrected chi connectivity index (χ0v) is 14.2. The van der Waals surface area contributed by atoms with Crippen LogP contribution in [0, 0.1) is 0 Å². The first-order valence-electron chi connectivity index (χ1n) is 7.52. The van der Waals surface area contributed by atoms with Crippen LogP contribution in [0.25, 0.3) is 5.57 Å². The number of allylic oxidation sites excluding steroid dienone is 1. The highest BCUT2D eigenvalue weighted by Gasteiger charge is 2.38. The smallest absolute Gasteiger partial charge is 0.415 e. The average Bonchev–Trinajstić information content (AvgIpc) is 2.35. The van der Waals surface area contributed by atoms with E-state index in [2.05, 4.69) is 6.08 Å². The molecule has 0 aromatic heterocycles. The highest BCUT2D eigenvalue weighted by Crippen LogP contribution is 2.40. The summed E-state index contributed by atoms with van der Waals surface area (Å²) in [4.78, 5) is 14.4. The van der Waals surface area contributed by atoms with Crippen LogP contribution >= 0.6 is 0 Å². The largest absolute Gasteiger partial charge is 0.443 e. The quantitative estimate of drug-likeness (QED) is 0.849. The summed E-state index contributed by atoms with van der Waals surface area (Å²) in [5.41, 5.74) is 2.67. The zero-order chi connectivity index (χ0) is 16.7. The molecule has 0 saturated carbocycles. The molecule has 0 aliphatic carbocycles. The van der Waals surface area contributed by atoms with Crippen LogP contribution in [0.15, 0.2) is 24.3 Å². The van der Waals surface area contributed by atoms with E-state index in [0.717, 1.165) is 22.4 Å². The Morgan fingerprint density at radius 2 is 1.95 bits per heavy atom. The Hall–Kier alpha value is -1.81. The fraction of sp³-hybridized carbons (Fsp3) is 0.500. The molecule has 1 aromatic rings. The second-order valence-corrected chi connectivity index (χ2v) is 7.31. The Balaban J connectivity index is 2.52. The predicted octanol–water partition coefficient (Wildman–Crippen LogP) is 4.12. The van der Waals surface area contributed by atoms with Crippen LogP contribution in [0.3, 0.4) is 0 Å². The Morgan fingerprint density at radius 3 is 2.50 bits per heavy atom. The maximum atomic E-state index is 12.7. The molecule has 4 nitrogen and oxygen atoms in total. The first-order chi connectivity index (χ1) is 10.0. The molecule has 0 unspecified atom stereocenters. The van der Waals surface area contributed by atoms with E-state index >= 15 is 0 Å². The van der Waals surface area contributed by atoms with Crippen LogP contribution in [0.5, 0.6) is 0 Å². The van der Waals surface area contributed by atoms with Gasteiger partial charge in [0.2, 0.25) is 0 Å². The summed E-state index contributed by atoms with van der Waals surface area (Å²) >= 11 is 0. The molecule has 0 atom stereocenters. The molecule has 2 rings (SSSR count). The van der Waals surface area contributed by atoms with E-state index in [9.17, 15) is 9.90 Å². The summed E-state index contributed by atoms with van der Waals surface area (Å²) in [6.07, 6.45) is 1.69. The molecular weight excluding hydrogens is 278 g/mol. The maximum Gasteiger partial charge on any atom is 0.415 e. The average molecular weight is 303 g/mol. The number of fused-ring (bicyclic) bond motifs is 1. The number of hydrogen-bond acceptors (Lipinski definition) is 3. The topological polar surface area (TPSA) is 49.8 Å². The van der Waals surface area contributed by atoms with Crippen molar-refractivity contribution in [1.29, 1.82) is 0 Å². The van der Waals surface area contributed by atoms with Gasteiger partial charge in [-0.15, -0.1) is 0 Å². The molecule has 0 bridgehead atoms. The number of aliphatic hydroxyl groups is 1. The van der Waals surface area contributed by atoms with Crippen LogP contribution in [0.4, 0.5) is 10.5 Å². The van der Waals surface area contributed by atoms with Gasteiger partial charge in [-0.2, -0.15) is 0 Å². The molecule has 1 aliphatic heterocycles. The van der Waals surface area contributed by atoms with Gasteiger partial charge >= 0.3 is 6.09 Å². The number of anilines is 1. The Morgan fingerprint density at radius 1 is 1.32 bits per heavy atom. The van der Waals surface area contributed by atoms with Crippen LogP contribution in [-0.2, 0) is 11.3 Å². The van der Waals surface area contributed by atoms with Crippen molar-refractivity contribution in [1.82, 2.24) is 0 Å². The van der Waals surface area contributed by atoms with E-state index in [1.165, 1.54) is 0 Å². The monoisotopic (exact) mass is 303 g/mol. The molecule has 1 N–H and O–H groups in total. The van der Waals surface area contributed by atoms with E-state index in [1.54, 1.807) is 4.90 Å². The molecule has 4 heteroatoms. The highest BCUT2D eigenvalue weighted by atomic mass is 16.6. The van der Waals surface area contributed by atoms with E-state index in [1.807, 2.05) is 59.7 Å². The molecule has 22 heavy (non-hydrogen) atoms. The number of carbonyl (C=O) groups is 1. The predicted molar refractivity (Wildman–Crippen MR) is 88.8 cm³/mol.